The fourth-order valence-corrected chi connectivity index (χ4v) is 2.56. The number of nitrogens with one attached hydrogen (secondary N) is 1. The van der Waals surface area contributed by atoms with Gasteiger partial charge in [0.25, 0.3) is 5.91 Å². The number of methoxy groups -OCH3 is 1. The van der Waals surface area contributed by atoms with E-state index in [1.54, 1.807) is 6.07 Å². The largest absolute Gasteiger partial charge is 0.495 e. The molecule has 7 heteroatoms. The molecule has 110 valence electrons. The molecule has 0 aliphatic rings. The summed E-state index contributed by atoms with van der Waals surface area (Å²) in [5.41, 5.74) is 7.71. The number of carbonyl (C=O) groups is 1. The molecule has 0 radical (unpaired) electrons. The molecule has 0 atom stereocenters. The van der Waals surface area contributed by atoms with Crippen molar-refractivity contribution in [3.8, 4) is 5.75 Å². The molecule has 0 unspecified atom stereocenters. The van der Waals surface area contributed by atoms with E-state index < -0.39 is 0 Å². The van der Waals surface area contributed by atoms with Gasteiger partial charge >= 0.3 is 0 Å². The van der Waals surface area contributed by atoms with E-state index in [4.69, 9.17) is 22.1 Å². The van der Waals surface area contributed by atoms with E-state index in [2.05, 4.69) is 26.2 Å². The van der Waals surface area contributed by atoms with Crippen LogP contribution in [0.4, 0.5) is 11.4 Å². The summed E-state index contributed by atoms with van der Waals surface area (Å²) in [6, 6.07) is 5.07. The standard InChI is InChI=1S/C14H13BrClN3O2/c1-7-3-8(15)4-11(21-2)13(7)19-14(20)9-5-12(16)18-6-10(9)17/h3-6H,17H2,1-2H3,(H,19,20). The monoisotopic (exact) mass is 369 g/mol. The maximum absolute atomic E-state index is 12.3. The van der Waals surface area contributed by atoms with Crippen LogP contribution in [0.2, 0.25) is 5.15 Å². The zero-order chi connectivity index (χ0) is 15.6. The first kappa shape index (κ1) is 15.6. The van der Waals surface area contributed by atoms with Gasteiger partial charge in [0, 0.05) is 4.47 Å². The minimum absolute atomic E-state index is 0.203. The van der Waals surface area contributed by atoms with E-state index in [0.29, 0.717) is 11.4 Å². The molecule has 0 spiro atoms. The van der Waals surface area contributed by atoms with Crippen LogP contribution >= 0.6 is 27.5 Å². The number of aromatic nitrogens is 1. The third kappa shape index (κ3) is 3.46. The highest BCUT2D eigenvalue weighted by Crippen LogP contribution is 2.32. The number of nitrogens with zero attached hydrogens (tertiary/aromatic N) is 1. The van der Waals surface area contributed by atoms with Crippen LogP contribution in [0.1, 0.15) is 15.9 Å². The number of hydrogen-bond donors (Lipinski definition) is 2. The summed E-state index contributed by atoms with van der Waals surface area (Å²) in [7, 11) is 1.54. The van der Waals surface area contributed by atoms with Gasteiger partial charge in [0.05, 0.1) is 30.2 Å². The van der Waals surface area contributed by atoms with E-state index in [1.807, 2.05) is 13.0 Å². The molecule has 0 saturated carbocycles. The summed E-state index contributed by atoms with van der Waals surface area (Å²) in [4.78, 5) is 16.2. The SMILES string of the molecule is COc1cc(Br)cc(C)c1NC(=O)c1cc(Cl)ncc1N. The molecular weight excluding hydrogens is 358 g/mol. The molecule has 1 aromatic carbocycles. The first-order chi connectivity index (χ1) is 9.92. The Morgan fingerprint density at radius 2 is 2.14 bits per heavy atom. The maximum atomic E-state index is 12.3. The summed E-state index contributed by atoms with van der Waals surface area (Å²) < 4.78 is 6.15. The molecule has 2 aromatic rings. The Balaban J connectivity index is 2.38. The predicted octanol–water partition coefficient (Wildman–Crippen LogP) is 3.65. The Labute approximate surface area is 135 Å². The summed E-state index contributed by atoms with van der Waals surface area (Å²) in [6.45, 7) is 1.87. The van der Waals surface area contributed by atoms with Crippen molar-refractivity contribution in [2.75, 3.05) is 18.2 Å². The lowest BCUT2D eigenvalue weighted by atomic mass is 10.1. The molecule has 0 fully saturated rings. The van der Waals surface area contributed by atoms with Crippen molar-refractivity contribution >= 4 is 44.8 Å². The molecule has 0 bridgehead atoms. The first-order valence-corrected chi connectivity index (χ1v) is 7.16. The Kier molecular flexibility index (Phi) is 4.69. The number of nitrogen functional groups attached to an aromatic ring is 1. The number of anilines is 2. The number of aryl methyl sites for hydroxylation is 1. The average molecular weight is 371 g/mol. The third-order valence-corrected chi connectivity index (χ3v) is 3.53. The van der Waals surface area contributed by atoms with Crippen molar-refractivity contribution in [3.05, 3.63) is 45.1 Å². The molecule has 0 aliphatic carbocycles. The Morgan fingerprint density at radius 3 is 2.81 bits per heavy atom. The van der Waals surface area contributed by atoms with Gasteiger partial charge in [-0.1, -0.05) is 27.5 Å². The second-order valence-electron chi connectivity index (χ2n) is 4.35. The minimum atomic E-state index is -0.375. The van der Waals surface area contributed by atoms with E-state index in [9.17, 15) is 4.79 Å². The van der Waals surface area contributed by atoms with Crippen molar-refractivity contribution in [1.29, 1.82) is 0 Å². The molecule has 2 rings (SSSR count). The lowest BCUT2D eigenvalue weighted by Gasteiger charge is -2.14. The number of benzene rings is 1. The fraction of sp³-hybridized carbons (Fsp3) is 0.143. The number of carbonyl (C=O) groups excluding carboxylic acids is 1. The zero-order valence-electron chi connectivity index (χ0n) is 11.4. The lowest BCUT2D eigenvalue weighted by molar-refractivity contribution is 0.102. The molecule has 5 nitrogen and oxygen atoms in total. The van der Waals surface area contributed by atoms with Gasteiger partial charge in [0.15, 0.2) is 0 Å². The van der Waals surface area contributed by atoms with Crippen molar-refractivity contribution in [3.63, 3.8) is 0 Å². The molecule has 1 heterocycles. The van der Waals surface area contributed by atoms with Crippen LogP contribution in [-0.2, 0) is 0 Å². The molecule has 0 aliphatic heterocycles. The first-order valence-electron chi connectivity index (χ1n) is 5.99. The van der Waals surface area contributed by atoms with Crippen LogP contribution in [0.25, 0.3) is 0 Å². The molecule has 3 N–H and O–H groups in total. The highest BCUT2D eigenvalue weighted by Gasteiger charge is 2.15. The highest BCUT2D eigenvalue weighted by molar-refractivity contribution is 9.10. The van der Waals surface area contributed by atoms with Gasteiger partial charge in [0.1, 0.15) is 10.9 Å². The van der Waals surface area contributed by atoms with Gasteiger partial charge < -0.3 is 15.8 Å². The number of hydrogen-bond acceptors (Lipinski definition) is 4. The predicted molar refractivity (Wildman–Crippen MR) is 87.0 cm³/mol. The molecule has 1 amide bonds. The van der Waals surface area contributed by atoms with Crippen LogP contribution in [-0.4, -0.2) is 18.0 Å². The lowest BCUT2D eigenvalue weighted by Crippen LogP contribution is -2.15. The van der Waals surface area contributed by atoms with Crippen molar-refractivity contribution < 1.29 is 9.53 Å². The van der Waals surface area contributed by atoms with Gasteiger partial charge in [0.2, 0.25) is 0 Å². The van der Waals surface area contributed by atoms with Crippen LogP contribution in [0.5, 0.6) is 5.75 Å². The Bertz CT molecular complexity index is 707. The number of ether oxygens (including phenoxy) is 1. The summed E-state index contributed by atoms with van der Waals surface area (Å²) in [5.74, 6) is 0.175. The van der Waals surface area contributed by atoms with E-state index in [1.165, 1.54) is 19.4 Å². The summed E-state index contributed by atoms with van der Waals surface area (Å²) in [5, 5.41) is 2.99. The van der Waals surface area contributed by atoms with Gasteiger partial charge in [-0.2, -0.15) is 0 Å². The fourth-order valence-electron chi connectivity index (χ4n) is 1.85. The van der Waals surface area contributed by atoms with Gasteiger partial charge in [-0.05, 0) is 30.7 Å². The van der Waals surface area contributed by atoms with Gasteiger partial charge in [-0.3, -0.25) is 4.79 Å². The Hall–Kier alpha value is -1.79. The second-order valence-corrected chi connectivity index (χ2v) is 5.65. The third-order valence-electron chi connectivity index (χ3n) is 2.87. The second kappa shape index (κ2) is 6.32. The zero-order valence-corrected chi connectivity index (χ0v) is 13.7. The maximum Gasteiger partial charge on any atom is 0.258 e. The van der Waals surface area contributed by atoms with Crippen molar-refractivity contribution in [2.45, 2.75) is 6.92 Å². The van der Waals surface area contributed by atoms with E-state index >= 15 is 0 Å². The van der Waals surface area contributed by atoms with Gasteiger partial charge in [-0.25, -0.2) is 4.98 Å². The summed E-state index contributed by atoms with van der Waals surface area (Å²) in [6.07, 6.45) is 1.35. The van der Waals surface area contributed by atoms with Crippen molar-refractivity contribution in [1.82, 2.24) is 4.98 Å². The number of pyridine rings is 1. The van der Waals surface area contributed by atoms with E-state index in [0.717, 1.165) is 10.0 Å². The minimum Gasteiger partial charge on any atom is -0.495 e. The smallest absolute Gasteiger partial charge is 0.258 e. The van der Waals surface area contributed by atoms with E-state index in [-0.39, 0.29) is 22.3 Å². The van der Waals surface area contributed by atoms with Crippen LogP contribution in [0.3, 0.4) is 0 Å². The Morgan fingerprint density at radius 1 is 1.43 bits per heavy atom. The molecule has 0 saturated heterocycles. The quantitative estimate of drug-likeness (QED) is 0.809. The highest BCUT2D eigenvalue weighted by atomic mass is 79.9. The van der Waals surface area contributed by atoms with Crippen LogP contribution < -0.4 is 15.8 Å². The number of nitrogens with two attached hydrogens (primary N) is 1. The number of amides is 1. The normalized spacial score (nSPS) is 10.3. The number of rotatable bonds is 3. The number of halogens is 2. The van der Waals surface area contributed by atoms with Crippen LogP contribution in [0, 0.1) is 6.92 Å². The van der Waals surface area contributed by atoms with Crippen molar-refractivity contribution in [2.24, 2.45) is 0 Å². The topological polar surface area (TPSA) is 77.2 Å². The molecular formula is C14H13BrClN3O2. The average Bonchev–Trinajstić information content (AvgIpc) is 2.43. The van der Waals surface area contributed by atoms with Crippen LogP contribution in [0.15, 0.2) is 28.9 Å². The molecule has 1 aromatic heterocycles. The summed E-state index contributed by atoms with van der Waals surface area (Å²) >= 11 is 9.18. The molecule has 21 heavy (non-hydrogen) atoms. The van der Waals surface area contributed by atoms with Gasteiger partial charge in [-0.15, -0.1) is 0 Å².